The quantitative estimate of drug-likeness (QED) is 0.625. The van der Waals surface area contributed by atoms with Crippen molar-refractivity contribution in [2.24, 2.45) is 11.7 Å². The van der Waals surface area contributed by atoms with Gasteiger partial charge in [0.25, 0.3) is 0 Å². The van der Waals surface area contributed by atoms with E-state index in [1.54, 1.807) is 4.90 Å². The summed E-state index contributed by atoms with van der Waals surface area (Å²) in [5.74, 6) is -0.428. The fraction of sp³-hybridized carbons (Fsp3) is 0.909. The third-order valence-electron chi connectivity index (χ3n) is 3.12. The van der Waals surface area contributed by atoms with E-state index in [1.165, 1.54) is 0 Å². The summed E-state index contributed by atoms with van der Waals surface area (Å²) < 4.78 is 36.5. The van der Waals surface area contributed by atoms with Crippen LogP contribution in [0.1, 0.15) is 12.8 Å². The molecule has 1 fully saturated rings. The van der Waals surface area contributed by atoms with Gasteiger partial charge in [-0.1, -0.05) is 0 Å². The number of aliphatic hydroxyl groups is 1. The Morgan fingerprint density at radius 1 is 1.42 bits per heavy atom. The molecular formula is C11H20F3N3O2. The smallest absolute Gasteiger partial charge is 0.396 e. The minimum atomic E-state index is -4.25. The number of nitrogens with two attached hydrogens (primary N) is 1. The van der Waals surface area contributed by atoms with Crippen LogP contribution in [0.4, 0.5) is 13.2 Å². The number of nitrogens with one attached hydrogen (secondary N) is 1. The van der Waals surface area contributed by atoms with Gasteiger partial charge in [-0.05, 0) is 18.8 Å². The number of halogens is 3. The topological polar surface area (TPSA) is 78.6 Å². The molecule has 1 saturated heterocycles. The average Bonchev–Trinajstić information content (AvgIpc) is 2.24. The number of carbonyl (C=O) groups excluding carboxylic acids is 1. The number of hydrogen-bond acceptors (Lipinski definition) is 4. The van der Waals surface area contributed by atoms with Gasteiger partial charge in [0.05, 0.1) is 13.1 Å². The molecule has 2 atom stereocenters. The molecule has 1 heterocycles. The van der Waals surface area contributed by atoms with Crippen molar-refractivity contribution in [2.45, 2.75) is 25.1 Å². The number of likely N-dealkylation sites (tertiary alicyclic amines) is 1. The Morgan fingerprint density at radius 3 is 2.63 bits per heavy atom. The molecule has 112 valence electrons. The molecular weight excluding hydrogens is 263 g/mol. The minimum absolute atomic E-state index is 0.0128. The van der Waals surface area contributed by atoms with E-state index in [4.69, 9.17) is 10.8 Å². The lowest BCUT2D eigenvalue weighted by Crippen LogP contribution is -2.52. The third kappa shape index (κ3) is 6.74. The lowest BCUT2D eigenvalue weighted by molar-refractivity contribution is -0.128. The van der Waals surface area contributed by atoms with Crippen LogP contribution in [-0.2, 0) is 4.79 Å². The van der Waals surface area contributed by atoms with Crippen molar-refractivity contribution in [2.75, 3.05) is 32.8 Å². The molecule has 1 aliphatic heterocycles. The Hall–Kier alpha value is -0.860. The lowest BCUT2D eigenvalue weighted by Gasteiger charge is -2.37. The van der Waals surface area contributed by atoms with Gasteiger partial charge in [-0.15, -0.1) is 0 Å². The summed E-state index contributed by atoms with van der Waals surface area (Å²) in [5, 5.41) is 11.4. The molecule has 19 heavy (non-hydrogen) atoms. The first-order valence-electron chi connectivity index (χ1n) is 6.22. The number of hydrogen-bond donors (Lipinski definition) is 3. The van der Waals surface area contributed by atoms with Crippen molar-refractivity contribution in [3.05, 3.63) is 0 Å². The van der Waals surface area contributed by atoms with E-state index in [0.717, 1.165) is 0 Å². The Balaban J connectivity index is 2.51. The van der Waals surface area contributed by atoms with E-state index in [9.17, 15) is 18.0 Å². The number of piperidine rings is 1. The van der Waals surface area contributed by atoms with Crippen molar-refractivity contribution in [1.82, 2.24) is 10.2 Å². The molecule has 0 aromatic heterocycles. The second kappa shape index (κ2) is 7.06. The Morgan fingerprint density at radius 2 is 2.11 bits per heavy atom. The fourth-order valence-corrected chi connectivity index (χ4v) is 2.45. The molecule has 0 aromatic rings. The predicted molar refractivity (Wildman–Crippen MR) is 63.3 cm³/mol. The zero-order chi connectivity index (χ0) is 14.5. The van der Waals surface area contributed by atoms with Gasteiger partial charge in [-0.2, -0.15) is 13.2 Å². The van der Waals surface area contributed by atoms with Gasteiger partial charge >= 0.3 is 6.18 Å². The fourth-order valence-electron chi connectivity index (χ4n) is 2.45. The van der Waals surface area contributed by atoms with Gasteiger partial charge < -0.3 is 16.2 Å². The van der Waals surface area contributed by atoms with E-state index < -0.39 is 18.6 Å². The number of rotatable bonds is 6. The molecule has 8 heteroatoms. The van der Waals surface area contributed by atoms with Gasteiger partial charge in [0, 0.05) is 25.7 Å². The molecule has 0 radical (unpaired) electrons. The van der Waals surface area contributed by atoms with Crippen LogP contribution < -0.4 is 11.1 Å². The number of carbonyl (C=O) groups is 1. The van der Waals surface area contributed by atoms with Crippen LogP contribution in [-0.4, -0.2) is 60.9 Å². The normalized spacial score (nSPS) is 25.5. The number of amides is 1. The van der Waals surface area contributed by atoms with Crippen LogP contribution >= 0.6 is 0 Å². The highest BCUT2D eigenvalue weighted by atomic mass is 19.4. The first-order valence-corrected chi connectivity index (χ1v) is 6.22. The predicted octanol–water partition coefficient (Wildman–Crippen LogP) is -0.303. The summed E-state index contributed by atoms with van der Waals surface area (Å²) in [4.78, 5) is 12.6. The van der Waals surface area contributed by atoms with Crippen LogP contribution in [0.2, 0.25) is 0 Å². The molecule has 0 spiro atoms. The third-order valence-corrected chi connectivity index (χ3v) is 3.12. The van der Waals surface area contributed by atoms with E-state index in [0.29, 0.717) is 25.9 Å². The maximum atomic E-state index is 12.2. The van der Waals surface area contributed by atoms with Gasteiger partial charge in [0.1, 0.15) is 0 Å². The highest BCUT2D eigenvalue weighted by Gasteiger charge is 2.32. The zero-order valence-corrected chi connectivity index (χ0v) is 10.6. The maximum absolute atomic E-state index is 12.2. The van der Waals surface area contributed by atoms with Gasteiger partial charge in [-0.25, -0.2) is 0 Å². The van der Waals surface area contributed by atoms with Crippen LogP contribution in [0.5, 0.6) is 0 Å². The summed E-state index contributed by atoms with van der Waals surface area (Å²) in [6.07, 6.45) is -3.18. The first kappa shape index (κ1) is 16.2. The Bertz CT molecular complexity index is 299. The molecule has 2 unspecified atom stereocenters. The standard InChI is InChI=1S/C11H20F3N3O2/c12-11(13,14)7-16-9-3-8(1-2-18)4-17(5-9)6-10(15)19/h8-9,16,18H,1-7H2,(H2,15,19). The van der Waals surface area contributed by atoms with Gasteiger partial charge in [0.15, 0.2) is 0 Å². The van der Waals surface area contributed by atoms with Crippen molar-refractivity contribution in [1.29, 1.82) is 0 Å². The minimum Gasteiger partial charge on any atom is -0.396 e. The van der Waals surface area contributed by atoms with E-state index in [-0.39, 0.29) is 25.1 Å². The van der Waals surface area contributed by atoms with Crippen molar-refractivity contribution in [3.63, 3.8) is 0 Å². The summed E-state index contributed by atoms with van der Waals surface area (Å²) in [6, 6.07) is -0.341. The van der Waals surface area contributed by atoms with E-state index >= 15 is 0 Å². The zero-order valence-electron chi connectivity index (χ0n) is 10.6. The van der Waals surface area contributed by atoms with Crippen molar-refractivity contribution < 1.29 is 23.1 Å². The molecule has 0 aromatic carbocycles. The summed E-state index contributed by atoms with van der Waals surface area (Å²) in [6.45, 7) is -0.0875. The maximum Gasteiger partial charge on any atom is 0.401 e. The van der Waals surface area contributed by atoms with Crippen LogP contribution in [0, 0.1) is 5.92 Å². The highest BCUT2D eigenvalue weighted by molar-refractivity contribution is 5.75. The Labute approximate surface area is 109 Å². The summed E-state index contributed by atoms with van der Waals surface area (Å²) in [5.41, 5.74) is 5.10. The molecule has 1 amide bonds. The van der Waals surface area contributed by atoms with E-state index in [2.05, 4.69) is 5.32 Å². The Kier molecular flexibility index (Phi) is 6.02. The van der Waals surface area contributed by atoms with Crippen LogP contribution in [0.15, 0.2) is 0 Å². The number of aliphatic hydroxyl groups excluding tert-OH is 1. The summed E-state index contributed by atoms with van der Waals surface area (Å²) in [7, 11) is 0. The van der Waals surface area contributed by atoms with Crippen LogP contribution in [0.25, 0.3) is 0 Å². The molecule has 4 N–H and O–H groups in total. The largest absolute Gasteiger partial charge is 0.401 e. The second-order valence-electron chi connectivity index (χ2n) is 4.97. The second-order valence-corrected chi connectivity index (χ2v) is 4.97. The molecule has 0 saturated carbocycles. The monoisotopic (exact) mass is 283 g/mol. The number of alkyl halides is 3. The molecule has 5 nitrogen and oxygen atoms in total. The molecule has 0 aliphatic carbocycles. The summed E-state index contributed by atoms with van der Waals surface area (Å²) >= 11 is 0. The van der Waals surface area contributed by atoms with Gasteiger partial charge in [-0.3, -0.25) is 9.69 Å². The van der Waals surface area contributed by atoms with Gasteiger partial charge in [0.2, 0.25) is 5.91 Å². The molecule has 1 aliphatic rings. The average molecular weight is 283 g/mol. The number of nitrogens with zero attached hydrogens (tertiary/aromatic N) is 1. The SMILES string of the molecule is NC(=O)CN1CC(CCO)CC(NCC(F)(F)F)C1. The molecule has 0 bridgehead atoms. The first-order chi connectivity index (χ1) is 8.80. The lowest BCUT2D eigenvalue weighted by atomic mass is 9.91. The van der Waals surface area contributed by atoms with Crippen molar-refractivity contribution >= 4 is 5.91 Å². The van der Waals surface area contributed by atoms with Crippen LogP contribution in [0.3, 0.4) is 0 Å². The highest BCUT2D eigenvalue weighted by Crippen LogP contribution is 2.21. The molecule has 1 rings (SSSR count). The van der Waals surface area contributed by atoms with E-state index in [1.807, 2.05) is 0 Å². The number of primary amides is 1. The van der Waals surface area contributed by atoms with Crippen molar-refractivity contribution in [3.8, 4) is 0 Å².